The number of amides is 1. The number of nitrogens with two attached hydrogens (primary N) is 1. The zero-order chi connectivity index (χ0) is 14.1. The molecule has 2 heterocycles. The first-order valence-electron chi connectivity index (χ1n) is 6.78. The van der Waals surface area contributed by atoms with Crippen LogP contribution in [0.1, 0.15) is 18.7 Å². The van der Waals surface area contributed by atoms with Gasteiger partial charge >= 0.3 is 0 Å². The van der Waals surface area contributed by atoms with Crippen LogP contribution in [-0.4, -0.2) is 34.6 Å². The van der Waals surface area contributed by atoms with Crippen LogP contribution in [0.25, 0.3) is 11.0 Å². The molecule has 0 saturated carbocycles. The summed E-state index contributed by atoms with van der Waals surface area (Å²) < 4.78 is 5.58. The molecule has 2 atom stereocenters. The summed E-state index contributed by atoms with van der Waals surface area (Å²) in [4.78, 5) is 19.6. The topological polar surface area (TPSA) is 93.0 Å². The van der Waals surface area contributed by atoms with Crippen LogP contribution >= 0.6 is 0 Å². The average Bonchev–Trinajstić information content (AvgIpc) is 3.03. The standard InChI is InChI=1S/C14H18N4O2/c1-8-16-11-4-2-9(6-12(11)17-8)18-14(19)13-5-3-10(7-15)20-13/h2,4,6,10,13H,3,5,7,15H2,1H3,(H,16,17)(H,18,19)/t10-,13+/m1/s1. The summed E-state index contributed by atoms with van der Waals surface area (Å²) in [6.07, 6.45) is 1.16. The van der Waals surface area contributed by atoms with Crippen molar-refractivity contribution in [3.8, 4) is 0 Å². The zero-order valence-electron chi connectivity index (χ0n) is 11.3. The van der Waals surface area contributed by atoms with Crippen LogP contribution < -0.4 is 11.1 Å². The number of rotatable bonds is 3. The molecule has 0 bridgehead atoms. The van der Waals surface area contributed by atoms with Crippen molar-refractivity contribution in [2.24, 2.45) is 5.73 Å². The summed E-state index contributed by atoms with van der Waals surface area (Å²) >= 11 is 0. The monoisotopic (exact) mass is 274 g/mol. The summed E-state index contributed by atoms with van der Waals surface area (Å²) in [7, 11) is 0. The molecule has 1 aliphatic heterocycles. The fraction of sp³-hybridized carbons (Fsp3) is 0.429. The number of fused-ring (bicyclic) bond motifs is 1. The van der Waals surface area contributed by atoms with E-state index in [9.17, 15) is 4.79 Å². The van der Waals surface area contributed by atoms with Crippen LogP contribution in [0, 0.1) is 6.92 Å². The number of imidazole rings is 1. The Morgan fingerprint density at radius 1 is 1.55 bits per heavy atom. The maximum absolute atomic E-state index is 12.1. The highest BCUT2D eigenvalue weighted by molar-refractivity contribution is 5.96. The quantitative estimate of drug-likeness (QED) is 0.787. The normalized spacial score (nSPS) is 22.3. The van der Waals surface area contributed by atoms with E-state index >= 15 is 0 Å². The second-order valence-corrected chi connectivity index (χ2v) is 5.10. The van der Waals surface area contributed by atoms with Gasteiger partial charge in [0.25, 0.3) is 5.91 Å². The van der Waals surface area contributed by atoms with Gasteiger partial charge in [-0.2, -0.15) is 0 Å². The number of hydrogen-bond donors (Lipinski definition) is 3. The summed E-state index contributed by atoms with van der Waals surface area (Å²) in [5, 5.41) is 2.88. The Hall–Kier alpha value is -1.92. The van der Waals surface area contributed by atoms with Gasteiger partial charge < -0.3 is 20.8 Å². The number of nitrogens with one attached hydrogen (secondary N) is 2. The van der Waals surface area contributed by atoms with E-state index in [0.717, 1.165) is 35.4 Å². The lowest BCUT2D eigenvalue weighted by atomic mass is 10.2. The van der Waals surface area contributed by atoms with Crippen molar-refractivity contribution in [2.45, 2.75) is 32.0 Å². The molecule has 0 aliphatic carbocycles. The van der Waals surface area contributed by atoms with Crippen LogP contribution in [0.2, 0.25) is 0 Å². The molecule has 1 aromatic carbocycles. The molecule has 0 unspecified atom stereocenters. The van der Waals surface area contributed by atoms with Crippen LogP contribution in [0.4, 0.5) is 5.69 Å². The number of anilines is 1. The Morgan fingerprint density at radius 2 is 2.40 bits per heavy atom. The van der Waals surface area contributed by atoms with E-state index in [1.165, 1.54) is 0 Å². The molecule has 4 N–H and O–H groups in total. The first kappa shape index (κ1) is 13.1. The van der Waals surface area contributed by atoms with Crippen LogP contribution in [0.3, 0.4) is 0 Å². The number of H-pyrrole nitrogens is 1. The molecule has 0 spiro atoms. The van der Waals surface area contributed by atoms with Gasteiger partial charge in [0.1, 0.15) is 11.9 Å². The maximum Gasteiger partial charge on any atom is 0.253 e. The van der Waals surface area contributed by atoms with Crippen LogP contribution in [-0.2, 0) is 9.53 Å². The summed E-state index contributed by atoms with van der Waals surface area (Å²) in [6, 6.07) is 5.60. The van der Waals surface area contributed by atoms with Gasteiger partial charge in [-0.25, -0.2) is 4.98 Å². The molecule has 6 nitrogen and oxygen atoms in total. The lowest BCUT2D eigenvalue weighted by molar-refractivity contribution is -0.126. The molecular weight excluding hydrogens is 256 g/mol. The Balaban J connectivity index is 1.71. The van der Waals surface area contributed by atoms with Crippen molar-refractivity contribution in [1.29, 1.82) is 0 Å². The molecule has 1 fully saturated rings. The molecular formula is C14H18N4O2. The number of hydrogen-bond acceptors (Lipinski definition) is 4. The van der Waals surface area contributed by atoms with Gasteiger partial charge in [-0.15, -0.1) is 0 Å². The van der Waals surface area contributed by atoms with Crippen molar-refractivity contribution in [3.05, 3.63) is 24.0 Å². The lowest BCUT2D eigenvalue weighted by Crippen LogP contribution is -2.29. The fourth-order valence-corrected chi connectivity index (χ4v) is 2.51. The molecule has 1 amide bonds. The van der Waals surface area contributed by atoms with Gasteiger partial charge in [0.15, 0.2) is 0 Å². The van der Waals surface area contributed by atoms with E-state index in [4.69, 9.17) is 10.5 Å². The second-order valence-electron chi connectivity index (χ2n) is 5.10. The number of aromatic nitrogens is 2. The highest BCUT2D eigenvalue weighted by atomic mass is 16.5. The zero-order valence-corrected chi connectivity index (χ0v) is 11.3. The molecule has 20 heavy (non-hydrogen) atoms. The van der Waals surface area contributed by atoms with Gasteiger partial charge in [0.05, 0.1) is 17.1 Å². The molecule has 3 rings (SSSR count). The molecule has 106 valence electrons. The molecule has 0 radical (unpaired) electrons. The molecule has 1 saturated heterocycles. The van der Waals surface area contributed by atoms with E-state index in [2.05, 4.69) is 15.3 Å². The Morgan fingerprint density at radius 3 is 3.15 bits per heavy atom. The van der Waals surface area contributed by atoms with E-state index in [-0.39, 0.29) is 12.0 Å². The number of nitrogens with zero attached hydrogens (tertiary/aromatic N) is 1. The number of ether oxygens (including phenoxy) is 1. The molecule has 1 aromatic heterocycles. The largest absolute Gasteiger partial charge is 0.364 e. The third-order valence-electron chi connectivity index (χ3n) is 3.53. The Bertz CT molecular complexity index is 637. The predicted molar refractivity (Wildman–Crippen MR) is 76.4 cm³/mol. The Kier molecular flexibility index (Phi) is 3.42. The van der Waals surface area contributed by atoms with Crippen LogP contribution in [0.15, 0.2) is 18.2 Å². The number of benzene rings is 1. The van der Waals surface area contributed by atoms with E-state index in [1.807, 2.05) is 25.1 Å². The number of carbonyl (C=O) groups is 1. The van der Waals surface area contributed by atoms with E-state index in [1.54, 1.807) is 0 Å². The Labute approximate surface area is 116 Å². The van der Waals surface area contributed by atoms with Gasteiger partial charge in [0.2, 0.25) is 0 Å². The van der Waals surface area contributed by atoms with Gasteiger partial charge in [-0.1, -0.05) is 0 Å². The first-order valence-corrected chi connectivity index (χ1v) is 6.78. The minimum atomic E-state index is -0.400. The van der Waals surface area contributed by atoms with Gasteiger partial charge in [-0.05, 0) is 38.0 Å². The van der Waals surface area contributed by atoms with Gasteiger partial charge in [0, 0.05) is 12.2 Å². The average molecular weight is 274 g/mol. The smallest absolute Gasteiger partial charge is 0.253 e. The van der Waals surface area contributed by atoms with Crippen LogP contribution in [0.5, 0.6) is 0 Å². The highest BCUT2D eigenvalue weighted by Gasteiger charge is 2.29. The van der Waals surface area contributed by atoms with Crippen molar-refractivity contribution < 1.29 is 9.53 Å². The molecule has 1 aliphatic rings. The number of aryl methyl sites for hydroxylation is 1. The maximum atomic E-state index is 12.1. The minimum Gasteiger partial charge on any atom is -0.364 e. The third-order valence-corrected chi connectivity index (χ3v) is 3.53. The first-order chi connectivity index (χ1) is 9.65. The van der Waals surface area contributed by atoms with Crippen molar-refractivity contribution >= 4 is 22.6 Å². The van der Waals surface area contributed by atoms with E-state index in [0.29, 0.717) is 6.54 Å². The molecule has 6 heteroatoms. The highest BCUT2D eigenvalue weighted by Crippen LogP contribution is 2.22. The SMILES string of the molecule is Cc1nc2ccc(NC(=O)[C@@H]3CC[C@H](CN)O3)cc2[nH]1. The van der Waals surface area contributed by atoms with Crippen molar-refractivity contribution in [2.75, 3.05) is 11.9 Å². The lowest BCUT2D eigenvalue weighted by Gasteiger charge is -2.12. The number of carbonyl (C=O) groups excluding carboxylic acids is 1. The summed E-state index contributed by atoms with van der Waals surface area (Å²) in [5.41, 5.74) is 8.09. The van der Waals surface area contributed by atoms with Gasteiger partial charge in [-0.3, -0.25) is 4.79 Å². The van der Waals surface area contributed by atoms with E-state index < -0.39 is 6.10 Å². The van der Waals surface area contributed by atoms with Crippen molar-refractivity contribution in [1.82, 2.24) is 9.97 Å². The predicted octanol–water partition coefficient (Wildman–Crippen LogP) is 1.32. The minimum absolute atomic E-state index is 0.00323. The molecule has 2 aromatic rings. The number of aromatic amines is 1. The third kappa shape index (κ3) is 2.52. The van der Waals surface area contributed by atoms with Crippen molar-refractivity contribution in [3.63, 3.8) is 0 Å². The summed E-state index contributed by atoms with van der Waals surface area (Å²) in [5.74, 6) is 0.741. The second kappa shape index (κ2) is 5.22. The summed E-state index contributed by atoms with van der Waals surface area (Å²) in [6.45, 7) is 2.36. The fourth-order valence-electron chi connectivity index (χ4n) is 2.51.